The van der Waals surface area contributed by atoms with Crippen LogP contribution >= 0.6 is 0 Å². The molecule has 33 heavy (non-hydrogen) atoms. The van der Waals surface area contributed by atoms with E-state index in [-0.39, 0.29) is 12.2 Å². The molecular formula is C30H56O3. The standard InChI is InChI=1S/2C10H18O.C10H20O/c2*1-7(2)9-5-4-8(3)6-10(9)11;1-9(2)5-4-6-10(3)7-8-11/h2*8-11H,1,4-6H2,2-3H3;5,10-11H,4,6-8H2,1-3H3/t8-,9+,10+;8-,9+,10-;10-/m111/s1. The first-order valence-corrected chi connectivity index (χ1v) is 13.3. The first kappa shape index (κ1) is 32.1. The number of hydrogen-bond acceptors (Lipinski definition) is 3. The molecular weight excluding hydrogens is 408 g/mol. The summed E-state index contributed by atoms with van der Waals surface area (Å²) in [6.45, 7) is 23.0. The molecule has 0 unspecified atom stereocenters. The van der Waals surface area contributed by atoms with Crippen molar-refractivity contribution in [1.29, 1.82) is 0 Å². The van der Waals surface area contributed by atoms with Crippen molar-refractivity contribution in [3.05, 3.63) is 36.0 Å². The van der Waals surface area contributed by atoms with E-state index in [9.17, 15) is 10.2 Å². The van der Waals surface area contributed by atoms with E-state index in [1.54, 1.807) is 0 Å². The van der Waals surface area contributed by atoms with Crippen molar-refractivity contribution in [3.63, 3.8) is 0 Å². The van der Waals surface area contributed by atoms with Crippen LogP contribution in [0.2, 0.25) is 0 Å². The average Bonchev–Trinajstić information content (AvgIpc) is 2.68. The monoisotopic (exact) mass is 464 g/mol. The number of aliphatic hydroxyl groups is 3. The fourth-order valence-corrected chi connectivity index (χ4v) is 4.87. The van der Waals surface area contributed by atoms with Crippen molar-refractivity contribution in [2.24, 2.45) is 29.6 Å². The number of hydrogen-bond donors (Lipinski definition) is 3. The van der Waals surface area contributed by atoms with Gasteiger partial charge in [-0.25, -0.2) is 0 Å². The van der Waals surface area contributed by atoms with Crippen LogP contribution in [0.1, 0.15) is 106 Å². The first-order valence-electron chi connectivity index (χ1n) is 13.3. The van der Waals surface area contributed by atoms with E-state index >= 15 is 0 Å². The van der Waals surface area contributed by atoms with Gasteiger partial charge in [-0.05, 0) is 103 Å². The van der Waals surface area contributed by atoms with E-state index in [1.165, 1.54) is 24.8 Å². The molecule has 0 amide bonds. The Morgan fingerprint density at radius 3 is 1.55 bits per heavy atom. The van der Waals surface area contributed by atoms with Crippen molar-refractivity contribution in [2.75, 3.05) is 6.61 Å². The Balaban J connectivity index is 0.000000465. The summed E-state index contributed by atoms with van der Waals surface area (Å²) in [6.07, 6.45) is 11.9. The maximum absolute atomic E-state index is 9.65. The van der Waals surface area contributed by atoms with Crippen LogP contribution in [0.25, 0.3) is 0 Å². The number of aliphatic hydroxyl groups excluding tert-OH is 3. The molecule has 3 heteroatoms. The Bertz CT molecular complexity index is 539. The molecule has 0 saturated heterocycles. The maximum atomic E-state index is 9.65. The highest BCUT2D eigenvalue weighted by Gasteiger charge is 2.27. The Morgan fingerprint density at radius 1 is 0.818 bits per heavy atom. The summed E-state index contributed by atoms with van der Waals surface area (Å²) < 4.78 is 0. The molecule has 0 radical (unpaired) electrons. The molecule has 0 aromatic heterocycles. The van der Waals surface area contributed by atoms with Crippen molar-refractivity contribution >= 4 is 0 Å². The van der Waals surface area contributed by atoms with Crippen LogP contribution in [0.3, 0.4) is 0 Å². The Morgan fingerprint density at radius 2 is 1.24 bits per heavy atom. The largest absolute Gasteiger partial charge is 0.396 e. The fraction of sp³-hybridized carbons (Fsp3) is 0.800. The topological polar surface area (TPSA) is 60.7 Å². The fourth-order valence-electron chi connectivity index (χ4n) is 4.87. The summed E-state index contributed by atoms with van der Waals surface area (Å²) in [4.78, 5) is 0. The Hall–Kier alpha value is -0.900. The van der Waals surface area contributed by atoms with E-state index in [0.717, 1.165) is 49.7 Å². The van der Waals surface area contributed by atoms with E-state index in [4.69, 9.17) is 5.11 Å². The van der Waals surface area contributed by atoms with Gasteiger partial charge in [-0.3, -0.25) is 0 Å². The lowest BCUT2D eigenvalue weighted by molar-refractivity contribution is 0.0653. The molecule has 2 fully saturated rings. The van der Waals surface area contributed by atoms with E-state index < -0.39 is 0 Å². The number of rotatable bonds is 7. The minimum absolute atomic E-state index is 0.128. The van der Waals surface area contributed by atoms with Gasteiger partial charge in [0.2, 0.25) is 0 Å². The lowest BCUT2D eigenvalue weighted by Gasteiger charge is -2.31. The van der Waals surface area contributed by atoms with Crippen LogP contribution in [0.15, 0.2) is 36.0 Å². The third kappa shape index (κ3) is 14.9. The Kier molecular flexibility index (Phi) is 17.0. The predicted octanol–water partition coefficient (Wildman–Crippen LogP) is 7.47. The van der Waals surface area contributed by atoms with Gasteiger partial charge in [-0.2, -0.15) is 0 Å². The second kappa shape index (κ2) is 17.5. The summed E-state index contributed by atoms with van der Waals surface area (Å²) in [6, 6.07) is 0. The molecule has 0 aromatic rings. The average molecular weight is 465 g/mol. The van der Waals surface area contributed by atoms with Gasteiger partial charge in [-0.1, -0.05) is 56.7 Å². The highest BCUT2D eigenvalue weighted by atomic mass is 16.3. The van der Waals surface area contributed by atoms with Gasteiger partial charge in [0, 0.05) is 18.4 Å². The van der Waals surface area contributed by atoms with Gasteiger partial charge in [-0.15, -0.1) is 0 Å². The lowest BCUT2D eigenvalue weighted by Crippen LogP contribution is -2.28. The maximum Gasteiger partial charge on any atom is 0.0607 e. The lowest BCUT2D eigenvalue weighted by atomic mass is 9.78. The smallest absolute Gasteiger partial charge is 0.0607 e. The highest BCUT2D eigenvalue weighted by molar-refractivity contribution is 5.02. The van der Waals surface area contributed by atoms with Gasteiger partial charge in [0.25, 0.3) is 0 Å². The quantitative estimate of drug-likeness (QED) is 0.342. The summed E-state index contributed by atoms with van der Waals surface area (Å²) in [5.74, 6) is 2.79. The van der Waals surface area contributed by atoms with E-state index in [0.29, 0.717) is 36.2 Å². The molecule has 0 aliphatic heterocycles. The normalized spacial score (nSPS) is 30.0. The highest BCUT2D eigenvalue weighted by Crippen LogP contribution is 2.33. The van der Waals surface area contributed by atoms with Crippen LogP contribution in [-0.2, 0) is 0 Å². The first-order chi connectivity index (χ1) is 15.4. The van der Waals surface area contributed by atoms with Gasteiger partial charge in [0.05, 0.1) is 12.2 Å². The summed E-state index contributed by atoms with van der Waals surface area (Å²) in [7, 11) is 0. The summed E-state index contributed by atoms with van der Waals surface area (Å²) in [5, 5.41) is 27.9. The van der Waals surface area contributed by atoms with Crippen molar-refractivity contribution in [1.82, 2.24) is 0 Å². The second-order valence-corrected chi connectivity index (χ2v) is 11.4. The molecule has 3 N–H and O–H groups in total. The van der Waals surface area contributed by atoms with Crippen molar-refractivity contribution < 1.29 is 15.3 Å². The minimum Gasteiger partial charge on any atom is -0.396 e. The van der Waals surface area contributed by atoms with Gasteiger partial charge >= 0.3 is 0 Å². The molecule has 0 spiro atoms. The predicted molar refractivity (Wildman–Crippen MR) is 144 cm³/mol. The van der Waals surface area contributed by atoms with Gasteiger partial charge < -0.3 is 15.3 Å². The Labute approximate surface area is 206 Å². The molecule has 2 saturated carbocycles. The number of allylic oxidation sites excluding steroid dienone is 2. The summed E-state index contributed by atoms with van der Waals surface area (Å²) in [5.41, 5.74) is 3.68. The molecule has 194 valence electrons. The molecule has 7 atom stereocenters. The van der Waals surface area contributed by atoms with Gasteiger partial charge in [0.1, 0.15) is 0 Å². The minimum atomic E-state index is -0.128. The second-order valence-electron chi connectivity index (χ2n) is 11.4. The summed E-state index contributed by atoms with van der Waals surface area (Å²) >= 11 is 0. The van der Waals surface area contributed by atoms with E-state index in [1.807, 2.05) is 13.8 Å². The zero-order valence-electron chi connectivity index (χ0n) is 22.9. The van der Waals surface area contributed by atoms with Crippen molar-refractivity contribution in [3.8, 4) is 0 Å². The van der Waals surface area contributed by atoms with Crippen molar-refractivity contribution in [2.45, 2.75) is 118 Å². The van der Waals surface area contributed by atoms with Crippen LogP contribution in [0, 0.1) is 29.6 Å². The molecule has 0 heterocycles. The third-order valence-corrected chi connectivity index (χ3v) is 7.26. The van der Waals surface area contributed by atoms with E-state index in [2.05, 4.69) is 53.9 Å². The molecule has 2 rings (SSSR count). The zero-order chi connectivity index (χ0) is 25.6. The van der Waals surface area contributed by atoms with Crippen LogP contribution in [0.4, 0.5) is 0 Å². The third-order valence-electron chi connectivity index (χ3n) is 7.26. The molecule has 3 nitrogen and oxygen atoms in total. The molecule has 0 aromatic carbocycles. The van der Waals surface area contributed by atoms with Crippen LogP contribution in [0.5, 0.6) is 0 Å². The van der Waals surface area contributed by atoms with Crippen LogP contribution in [-0.4, -0.2) is 34.1 Å². The molecule has 0 bridgehead atoms. The van der Waals surface area contributed by atoms with Crippen LogP contribution < -0.4 is 0 Å². The molecule has 2 aliphatic rings. The van der Waals surface area contributed by atoms with Gasteiger partial charge in [0.15, 0.2) is 0 Å². The zero-order valence-corrected chi connectivity index (χ0v) is 22.9. The SMILES string of the molecule is C=C(C)[C@@H]1CC[C@@H](C)C[C@@H]1O.C=C(C)[C@@H]1CC[C@@H](C)C[C@H]1O.CC(C)=CCC[C@@H](C)CCO. The molecule has 2 aliphatic carbocycles.